The van der Waals surface area contributed by atoms with Crippen molar-refractivity contribution >= 4 is 7.60 Å². The molecule has 454 valence electrons. The van der Waals surface area contributed by atoms with Crippen molar-refractivity contribution in [1.82, 2.24) is 0 Å². The van der Waals surface area contributed by atoms with Crippen LogP contribution in [0.1, 0.15) is 44.5 Å². The lowest BCUT2D eigenvalue weighted by Gasteiger charge is -2.52. The van der Waals surface area contributed by atoms with Crippen molar-refractivity contribution < 1.29 is 61.7 Å². The van der Waals surface area contributed by atoms with Crippen molar-refractivity contribution in [2.45, 2.75) is 126 Å². The predicted molar refractivity (Wildman–Crippen MR) is 336 cm³/mol. The summed E-state index contributed by atoms with van der Waals surface area (Å²) in [5.41, 5.74) is 5.03. The maximum absolute atomic E-state index is 17.9. The zero-order valence-corrected chi connectivity index (χ0v) is 49.8. The first-order chi connectivity index (χ1) is 43.3. The molecule has 0 bridgehead atoms. The average Bonchev–Trinajstić information content (AvgIpc) is 1.28. The van der Waals surface area contributed by atoms with Crippen molar-refractivity contribution in [2.75, 3.05) is 0 Å². The molecule has 0 radical (unpaired) electrons. The van der Waals surface area contributed by atoms with Crippen LogP contribution in [-0.2, 0) is 99.8 Å². The Balaban J connectivity index is 1.10. The highest BCUT2D eigenvalue weighted by molar-refractivity contribution is 7.55. The molecule has 0 saturated heterocycles. The molecule has 11 rings (SSSR count). The molecule has 5 unspecified atom stereocenters. The van der Waals surface area contributed by atoms with Crippen LogP contribution in [0.2, 0.25) is 0 Å². The molecule has 2 aliphatic rings. The van der Waals surface area contributed by atoms with Gasteiger partial charge in [0.05, 0.1) is 52.9 Å². The summed E-state index contributed by atoms with van der Waals surface area (Å²) in [6.07, 6.45) is -14.4. The lowest BCUT2D eigenvalue weighted by atomic mass is 9.83. The minimum Gasteiger partial charge on any atom is -0.424 e. The molecule has 13 atom stereocenters. The number of hydrogen-bond donors (Lipinski definition) is 2. The zero-order valence-electron chi connectivity index (χ0n) is 48.9. The lowest BCUT2D eigenvalue weighted by molar-refractivity contribution is -0.280. The van der Waals surface area contributed by atoms with E-state index in [1.165, 1.54) is 0 Å². The van der Waals surface area contributed by atoms with E-state index in [1.807, 2.05) is 249 Å². The third-order valence-electron chi connectivity index (χ3n) is 15.9. The Morgan fingerprint density at radius 1 is 0.250 bits per heavy atom. The van der Waals surface area contributed by atoms with Gasteiger partial charge in [0, 0.05) is 0 Å². The van der Waals surface area contributed by atoms with E-state index in [1.54, 1.807) is 24.3 Å². The summed E-state index contributed by atoms with van der Waals surface area (Å²) in [6, 6.07) is 86.1. The number of aliphatic hydroxyl groups excluding tert-OH is 2. The van der Waals surface area contributed by atoms with Gasteiger partial charge in [-0.1, -0.05) is 261 Å². The molecule has 0 heterocycles. The number of aliphatic hydroxyl groups is 2. The Hall–Kier alpha value is -7.43. The highest BCUT2D eigenvalue weighted by Gasteiger charge is 2.64. The van der Waals surface area contributed by atoms with E-state index < -0.39 is 80.4 Å². The van der Waals surface area contributed by atoms with Crippen LogP contribution in [0.25, 0.3) is 0 Å². The minimum absolute atomic E-state index is 0.0149. The molecule has 14 heteroatoms. The van der Waals surface area contributed by atoms with Gasteiger partial charge in [-0.05, 0) is 56.6 Å². The first-order valence-electron chi connectivity index (χ1n) is 30.0. The van der Waals surface area contributed by atoms with Gasteiger partial charge in [-0.15, -0.1) is 0 Å². The normalized spacial score (nSPS) is 24.2. The average molecular weight is 1200 g/mol. The van der Waals surface area contributed by atoms with E-state index in [2.05, 4.69) is 0 Å². The Kier molecular flexibility index (Phi) is 22.4. The quantitative estimate of drug-likeness (QED) is 0.0429. The van der Waals surface area contributed by atoms with E-state index in [0.717, 1.165) is 44.5 Å². The molecule has 0 amide bonds. The molecule has 0 aliphatic heterocycles. The van der Waals surface area contributed by atoms with Gasteiger partial charge in [0.1, 0.15) is 78.6 Å². The molecular formula is C74H75O13P. The van der Waals surface area contributed by atoms with Crippen molar-refractivity contribution in [3.05, 3.63) is 317 Å². The molecule has 2 saturated carbocycles. The van der Waals surface area contributed by atoms with Crippen LogP contribution >= 0.6 is 7.60 Å². The van der Waals surface area contributed by atoms with Crippen LogP contribution in [0, 0.1) is 0 Å². The maximum Gasteiger partial charge on any atom is 0.388 e. The highest BCUT2D eigenvalue weighted by Crippen LogP contribution is 2.61. The smallest absolute Gasteiger partial charge is 0.388 e. The van der Waals surface area contributed by atoms with Gasteiger partial charge in [0.2, 0.25) is 0 Å². The van der Waals surface area contributed by atoms with Gasteiger partial charge in [0.15, 0.2) is 0 Å². The van der Waals surface area contributed by atoms with E-state index in [9.17, 15) is 10.2 Å². The number of rotatable bonds is 29. The molecule has 0 aromatic heterocycles. The van der Waals surface area contributed by atoms with Crippen LogP contribution in [0.15, 0.2) is 273 Å². The number of ether oxygens (including phenoxy) is 8. The number of hydrogen-bond acceptors (Lipinski definition) is 13. The van der Waals surface area contributed by atoms with Crippen molar-refractivity contribution in [1.29, 1.82) is 0 Å². The van der Waals surface area contributed by atoms with Gasteiger partial charge < -0.3 is 52.6 Å². The molecule has 9 aromatic carbocycles. The number of para-hydroxylation sites is 1. The SMILES string of the molecule is O=P(Oc1ccccc1)(OC1[C@@H](OCc2ccccc2)[C@H](OCc2ccccc2)C(OCc2ccccc2)[C@H](OCc2ccccc2)[C@@H]1OCc1ccccc1)C1[C@H](OCc2ccccc2)[C@H](O)C(OCc2ccccc2)[C@H](O)[C@H]1OCc1ccccc1. The summed E-state index contributed by atoms with van der Waals surface area (Å²) in [5.74, 6) is 0.165. The van der Waals surface area contributed by atoms with Crippen LogP contribution in [0.5, 0.6) is 5.75 Å². The van der Waals surface area contributed by atoms with Crippen molar-refractivity contribution in [3.63, 3.8) is 0 Å². The van der Waals surface area contributed by atoms with Crippen molar-refractivity contribution in [3.8, 4) is 5.75 Å². The summed E-state index contributed by atoms with van der Waals surface area (Å²) >= 11 is 0. The Morgan fingerprint density at radius 3 is 0.682 bits per heavy atom. The molecule has 2 N–H and O–H groups in total. The standard InChI is InChI=1S/C74H75O13P/c75-63-65(78-46-54-28-10-1-11-29-54)64(76)67(80-48-56-32-14-3-15-33-56)74(66(63)79-47-55-30-12-2-13-31-55)88(77,86-62-44-26-9-27-45-62)87-73-71(84-52-60-40-22-7-23-41-60)69(82-50-58-36-18-5-19-37-58)68(81-49-57-34-16-4-17-35-57)70(83-51-59-38-20-6-21-39-59)72(73)85-53-61-42-24-8-25-43-61/h1-45,63-76H,46-53H2/t63-,64+,65?,66-,67-,68?,69-,70+,71+,72+,73?,74?,88?/m1/s1. The lowest BCUT2D eigenvalue weighted by Crippen LogP contribution is -2.68. The molecule has 13 nitrogen and oxygen atoms in total. The van der Waals surface area contributed by atoms with Crippen LogP contribution in [-0.4, -0.2) is 83.0 Å². The van der Waals surface area contributed by atoms with Crippen LogP contribution < -0.4 is 4.52 Å². The second kappa shape index (κ2) is 31.7. The van der Waals surface area contributed by atoms with Gasteiger partial charge in [-0.25, -0.2) is 4.57 Å². The van der Waals surface area contributed by atoms with Crippen LogP contribution in [0.4, 0.5) is 0 Å². The Labute approximate surface area is 515 Å². The predicted octanol–water partition coefficient (Wildman–Crippen LogP) is 13.4. The number of benzene rings is 9. The summed E-state index contributed by atoms with van der Waals surface area (Å²) in [7, 11) is -5.11. The largest absolute Gasteiger partial charge is 0.424 e. The summed E-state index contributed by atoms with van der Waals surface area (Å²) in [4.78, 5) is 0. The minimum atomic E-state index is -5.11. The first-order valence-corrected chi connectivity index (χ1v) is 31.6. The molecular weight excluding hydrogens is 1130 g/mol. The molecule has 9 aromatic rings. The van der Waals surface area contributed by atoms with Gasteiger partial charge in [0.25, 0.3) is 0 Å². The fraction of sp³-hybridized carbons (Fsp3) is 0.270. The van der Waals surface area contributed by atoms with E-state index in [0.29, 0.717) is 0 Å². The maximum atomic E-state index is 17.9. The third-order valence-corrected chi connectivity index (χ3v) is 18.2. The summed E-state index contributed by atoms with van der Waals surface area (Å²) in [6.45, 7) is 0.329. The van der Waals surface area contributed by atoms with Gasteiger partial charge >= 0.3 is 7.60 Å². The fourth-order valence-corrected chi connectivity index (χ4v) is 13.9. The zero-order chi connectivity index (χ0) is 60.2. The van der Waals surface area contributed by atoms with E-state index >= 15 is 4.57 Å². The first kappa shape index (κ1) is 62.2. The molecule has 0 spiro atoms. The fourth-order valence-electron chi connectivity index (χ4n) is 11.4. The second-order valence-electron chi connectivity index (χ2n) is 22.1. The van der Waals surface area contributed by atoms with E-state index in [4.69, 9.17) is 46.9 Å². The highest BCUT2D eigenvalue weighted by atomic mass is 31.2. The monoisotopic (exact) mass is 1200 g/mol. The third kappa shape index (κ3) is 16.6. The summed E-state index contributed by atoms with van der Waals surface area (Å²) in [5, 5.41) is 26.2. The molecule has 2 aliphatic carbocycles. The van der Waals surface area contributed by atoms with Gasteiger partial charge in [-0.3, -0.25) is 4.52 Å². The molecule has 88 heavy (non-hydrogen) atoms. The molecule has 2 fully saturated rings. The van der Waals surface area contributed by atoms with Crippen LogP contribution in [0.3, 0.4) is 0 Å². The second-order valence-corrected chi connectivity index (χ2v) is 24.1. The van der Waals surface area contributed by atoms with Gasteiger partial charge in [-0.2, -0.15) is 0 Å². The van der Waals surface area contributed by atoms with Crippen molar-refractivity contribution in [2.24, 2.45) is 0 Å². The Bertz CT molecular complexity index is 3300. The summed E-state index contributed by atoms with van der Waals surface area (Å²) < 4.78 is 89.5. The topological polar surface area (TPSA) is 150 Å². The Morgan fingerprint density at radius 2 is 0.443 bits per heavy atom. The van der Waals surface area contributed by atoms with E-state index in [-0.39, 0.29) is 58.6 Å².